The summed E-state index contributed by atoms with van der Waals surface area (Å²) in [4.78, 5) is 0. The molecular weight excluding hydrogens is 272 g/mol. The van der Waals surface area contributed by atoms with Crippen molar-refractivity contribution in [2.24, 2.45) is 0 Å². The highest BCUT2D eigenvalue weighted by Gasteiger charge is 2.22. The highest BCUT2D eigenvalue weighted by molar-refractivity contribution is 9.10. The van der Waals surface area contributed by atoms with Crippen LogP contribution < -0.4 is 9.92 Å². The number of ether oxygens (including phenoxy) is 2. The van der Waals surface area contributed by atoms with Crippen molar-refractivity contribution in [2.75, 3.05) is 13.9 Å². The average Bonchev–Trinajstić information content (AvgIpc) is 2.14. The van der Waals surface area contributed by atoms with Crippen molar-refractivity contribution in [1.29, 1.82) is 0 Å². The molecular formula is C11H17BrO2Si. The van der Waals surface area contributed by atoms with E-state index in [1.54, 1.807) is 7.11 Å². The van der Waals surface area contributed by atoms with Gasteiger partial charge in [0.05, 0.1) is 12.5 Å². The molecule has 0 aliphatic rings. The van der Waals surface area contributed by atoms with Crippen LogP contribution in [0.1, 0.15) is 0 Å². The third kappa shape index (κ3) is 3.33. The van der Waals surface area contributed by atoms with Crippen LogP contribution in [-0.4, -0.2) is 22.0 Å². The van der Waals surface area contributed by atoms with Crippen LogP contribution in [-0.2, 0) is 4.74 Å². The second-order valence-electron chi connectivity index (χ2n) is 4.42. The molecule has 0 saturated heterocycles. The van der Waals surface area contributed by atoms with Gasteiger partial charge in [-0.2, -0.15) is 0 Å². The predicted octanol–water partition coefficient (Wildman–Crippen LogP) is 2.98. The molecule has 0 N–H and O–H groups in total. The molecule has 0 spiro atoms. The lowest BCUT2D eigenvalue weighted by Gasteiger charge is -2.21. The standard InChI is InChI=1S/C11H17BrO2Si/c1-13-8-14-11-9(12)6-5-7-10(11)15(2,3)4/h5-7H,8H2,1-4H3. The van der Waals surface area contributed by atoms with E-state index >= 15 is 0 Å². The molecule has 4 heteroatoms. The molecule has 15 heavy (non-hydrogen) atoms. The number of methoxy groups -OCH3 is 1. The highest BCUT2D eigenvalue weighted by atomic mass is 79.9. The first-order valence-electron chi connectivity index (χ1n) is 4.87. The Morgan fingerprint density at radius 3 is 2.47 bits per heavy atom. The van der Waals surface area contributed by atoms with Crippen molar-refractivity contribution in [3.05, 3.63) is 22.7 Å². The van der Waals surface area contributed by atoms with E-state index in [2.05, 4.69) is 47.7 Å². The van der Waals surface area contributed by atoms with Gasteiger partial charge in [0.25, 0.3) is 0 Å². The summed E-state index contributed by atoms with van der Waals surface area (Å²) in [6.07, 6.45) is 0. The molecule has 1 aromatic carbocycles. The maximum Gasteiger partial charge on any atom is 0.188 e. The number of halogens is 1. The van der Waals surface area contributed by atoms with Gasteiger partial charge in [0, 0.05) is 7.11 Å². The first-order valence-corrected chi connectivity index (χ1v) is 9.17. The molecule has 84 valence electrons. The molecule has 2 nitrogen and oxygen atoms in total. The molecule has 0 aliphatic heterocycles. The molecule has 0 aromatic heterocycles. The molecule has 0 radical (unpaired) electrons. The van der Waals surface area contributed by atoms with Crippen LogP contribution in [0.25, 0.3) is 0 Å². The lowest BCUT2D eigenvalue weighted by atomic mass is 10.3. The molecule has 1 rings (SSSR count). The molecule has 0 atom stereocenters. The van der Waals surface area contributed by atoms with Crippen LogP contribution in [0.2, 0.25) is 19.6 Å². The zero-order valence-electron chi connectivity index (χ0n) is 9.63. The smallest absolute Gasteiger partial charge is 0.188 e. The molecule has 0 aliphatic carbocycles. The summed E-state index contributed by atoms with van der Waals surface area (Å²) in [5.41, 5.74) is 0. The van der Waals surface area contributed by atoms with Gasteiger partial charge < -0.3 is 9.47 Å². The van der Waals surface area contributed by atoms with Gasteiger partial charge in [-0.1, -0.05) is 31.8 Å². The van der Waals surface area contributed by atoms with Crippen LogP contribution in [0.3, 0.4) is 0 Å². The molecule has 0 bridgehead atoms. The zero-order chi connectivity index (χ0) is 11.5. The summed E-state index contributed by atoms with van der Waals surface area (Å²) in [5.74, 6) is 0.929. The fourth-order valence-electron chi connectivity index (χ4n) is 1.36. The lowest BCUT2D eigenvalue weighted by molar-refractivity contribution is 0.0513. The Hall–Kier alpha value is -0.323. The third-order valence-corrected chi connectivity index (χ3v) is 4.73. The van der Waals surface area contributed by atoms with Gasteiger partial charge in [-0.05, 0) is 27.2 Å². The van der Waals surface area contributed by atoms with Crippen LogP contribution >= 0.6 is 15.9 Å². The van der Waals surface area contributed by atoms with Crippen molar-refractivity contribution in [1.82, 2.24) is 0 Å². The van der Waals surface area contributed by atoms with Gasteiger partial charge in [0.2, 0.25) is 0 Å². The third-order valence-electron chi connectivity index (χ3n) is 2.10. The van der Waals surface area contributed by atoms with Crippen molar-refractivity contribution in [3.63, 3.8) is 0 Å². The molecule has 0 amide bonds. The summed E-state index contributed by atoms with van der Waals surface area (Å²) >= 11 is 3.51. The predicted molar refractivity (Wildman–Crippen MR) is 69.6 cm³/mol. The summed E-state index contributed by atoms with van der Waals surface area (Å²) in [5, 5.41) is 1.31. The van der Waals surface area contributed by atoms with Gasteiger partial charge in [-0.25, -0.2) is 0 Å². The van der Waals surface area contributed by atoms with Gasteiger partial charge in [-0.3, -0.25) is 0 Å². The average molecular weight is 289 g/mol. The largest absolute Gasteiger partial charge is 0.467 e. The highest BCUT2D eigenvalue weighted by Crippen LogP contribution is 2.25. The van der Waals surface area contributed by atoms with Gasteiger partial charge in [0.1, 0.15) is 5.75 Å². The molecule has 0 saturated carbocycles. The quantitative estimate of drug-likeness (QED) is 0.626. The van der Waals surface area contributed by atoms with Crippen molar-refractivity contribution >= 4 is 29.2 Å². The Kier molecular flexibility index (Phi) is 4.37. The summed E-state index contributed by atoms with van der Waals surface area (Å²) in [6.45, 7) is 7.19. The van der Waals surface area contributed by atoms with Crippen LogP contribution in [0.4, 0.5) is 0 Å². The maximum atomic E-state index is 5.61. The first kappa shape index (κ1) is 12.7. The van der Waals surface area contributed by atoms with E-state index in [0.717, 1.165) is 10.2 Å². The second kappa shape index (κ2) is 5.14. The van der Waals surface area contributed by atoms with E-state index in [4.69, 9.17) is 9.47 Å². The lowest BCUT2D eigenvalue weighted by Crippen LogP contribution is -2.38. The molecule has 0 unspecified atom stereocenters. The van der Waals surface area contributed by atoms with Crippen molar-refractivity contribution in [2.45, 2.75) is 19.6 Å². The SMILES string of the molecule is COCOc1c(Br)cccc1[Si](C)(C)C. The Morgan fingerprint density at radius 1 is 1.27 bits per heavy atom. The number of para-hydroxylation sites is 1. The Balaban J connectivity index is 3.09. The van der Waals surface area contributed by atoms with E-state index in [0.29, 0.717) is 6.79 Å². The number of hydrogen-bond acceptors (Lipinski definition) is 2. The Morgan fingerprint density at radius 2 is 1.93 bits per heavy atom. The summed E-state index contributed by atoms with van der Waals surface area (Å²) in [6, 6.07) is 6.19. The fraction of sp³-hybridized carbons (Fsp3) is 0.455. The maximum absolute atomic E-state index is 5.61. The van der Waals surface area contributed by atoms with E-state index in [1.807, 2.05) is 6.07 Å². The number of rotatable bonds is 4. The van der Waals surface area contributed by atoms with E-state index < -0.39 is 8.07 Å². The minimum absolute atomic E-state index is 0.292. The summed E-state index contributed by atoms with van der Waals surface area (Å²) < 4.78 is 11.5. The Bertz CT molecular complexity index is 334. The van der Waals surface area contributed by atoms with Crippen LogP contribution in [0, 0.1) is 0 Å². The van der Waals surface area contributed by atoms with E-state index in [9.17, 15) is 0 Å². The van der Waals surface area contributed by atoms with Crippen molar-refractivity contribution in [3.8, 4) is 5.75 Å². The van der Waals surface area contributed by atoms with Gasteiger partial charge in [0.15, 0.2) is 6.79 Å². The van der Waals surface area contributed by atoms with E-state index in [1.165, 1.54) is 5.19 Å². The van der Waals surface area contributed by atoms with Crippen molar-refractivity contribution < 1.29 is 9.47 Å². The minimum Gasteiger partial charge on any atom is -0.467 e. The molecule has 0 heterocycles. The first-order chi connectivity index (χ1) is 6.96. The zero-order valence-corrected chi connectivity index (χ0v) is 12.2. The normalized spacial score (nSPS) is 11.5. The number of benzene rings is 1. The van der Waals surface area contributed by atoms with Gasteiger partial charge in [-0.15, -0.1) is 0 Å². The minimum atomic E-state index is -1.37. The van der Waals surface area contributed by atoms with Crippen LogP contribution in [0.15, 0.2) is 22.7 Å². The monoisotopic (exact) mass is 288 g/mol. The number of hydrogen-bond donors (Lipinski definition) is 0. The molecule has 1 aromatic rings. The van der Waals surface area contributed by atoms with Gasteiger partial charge >= 0.3 is 0 Å². The summed E-state index contributed by atoms with van der Waals surface area (Å²) in [7, 11) is 0.260. The molecule has 0 fully saturated rings. The van der Waals surface area contributed by atoms with E-state index in [-0.39, 0.29) is 0 Å². The second-order valence-corrected chi connectivity index (χ2v) is 10.3. The van der Waals surface area contributed by atoms with Crippen LogP contribution in [0.5, 0.6) is 5.75 Å². The Labute approximate surface area is 101 Å². The fourth-order valence-corrected chi connectivity index (χ4v) is 3.51. The topological polar surface area (TPSA) is 18.5 Å².